The third kappa shape index (κ3) is 3.50. The molecule has 2 N–H and O–H groups in total. The minimum atomic E-state index is -0.757. The van der Waals surface area contributed by atoms with Crippen molar-refractivity contribution in [1.82, 2.24) is 0 Å². The normalized spacial score (nSPS) is 14.4. The van der Waals surface area contributed by atoms with Crippen LogP contribution in [0.5, 0.6) is 0 Å². The van der Waals surface area contributed by atoms with Crippen molar-refractivity contribution >= 4 is 50.5 Å². The number of nitrogens with two attached hydrogens (primary N) is 1. The smallest absolute Gasteiger partial charge is 0.142 e. The topological polar surface area (TPSA) is 26.0 Å². The molecule has 1 aromatic heterocycles. The van der Waals surface area contributed by atoms with E-state index in [-0.39, 0.29) is 5.02 Å². The van der Waals surface area contributed by atoms with Gasteiger partial charge in [0.15, 0.2) is 0 Å². The van der Waals surface area contributed by atoms with E-state index in [0.29, 0.717) is 17.0 Å². The highest BCUT2D eigenvalue weighted by Gasteiger charge is 2.26. The van der Waals surface area contributed by atoms with Gasteiger partial charge in [-0.05, 0) is 46.6 Å². The van der Waals surface area contributed by atoms with Gasteiger partial charge in [-0.1, -0.05) is 23.2 Å². The van der Waals surface area contributed by atoms with Gasteiger partial charge in [0.2, 0.25) is 0 Å². The number of hydrogen-bond acceptors (Lipinski definition) is 2. The molecule has 0 saturated carbocycles. The van der Waals surface area contributed by atoms with Crippen LogP contribution in [0.2, 0.25) is 10.0 Å². The zero-order valence-corrected chi connectivity index (χ0v) is 13.9. The van der Waals surface area contributed by atoms with Gasteiger partial charge in [0, 0.05) is 31.7 Å². The van der Waals surface area contributed by atoms with E-state index < -0.39 is 11.4 Å². The van der Waals surface area contributed by atoms with Crippen molar-refractivity contribution in [1.29, 1.82) is 0 Å². The molecule has 1 nitrogen and oxygen atoms in total. The van der Waals surface area contributed by atoms with Crippen LogP contribution in [0.15, 0.2) is 28.1 Å². The standard InChI is InChI=1S/C13H11BrCl2FNS/c1-13(18,5-8-2-7(14)6-19-8)9-3-12(17)11(16)4-10(9)15/h2-4,6H,5,18H2,1H3. The first-order chi connectivity index (χ1) is 8.79. The summed E-state index contributed by atoms with van der Waals surface area (Å²) in [5.74, 6) is -0.509. The quantitative estimate of drug-likeness (QED) is 0.709. The number of thiophene rings is 1. The highest BCUT2D eigenvalue weighted by Crippen LogP contribution is 2.34. The summed E-state index contributed by atoms with van der Waals surface area (Å²) >= 11 is 16.8. The molecule has 102 valence electrons. The Bertz CT molecular complexity index is 613. The molecular weight excluding hydrogens is 372 g/mol. The maximum Gasteiger partial charge on any atom is 0.142 e. The van der Waals surface area contributed by atoms with Gasteiger partial charge in [0.05, 0.1) is 5.02 Å². The van der Waals surface area contributed by atoms with E-state index in [4.69, 9.17) is 28.9 Å². The fourth-order valence-electron chi connectivity index (χ4n) is 1.86. The SMILES string of the molecule is CC(N)(Cc1cc(Br)cs1)c1cc(F)c(Cl)cc1Cl. The Balaban J connectivity index is 2.36. The van der Waals surface area contributed by atoms with Crippen molar-refractivity contribution in [2.45, 2.75) is 18.9 Å². The fraction of sp³-hybridized carbons (Fsp3) is 0.231. The van der Waals surface area contributed by atoms with Gasteiger partial charge in [-0.25, -0.2) is 4.39 Å². The third-order valence-corrected chi connectivity index (χ3v) is 5.09. The van der Waals surface area contributed by atoms with E-state index >= 15 is 0 Å². The van der Waals surface area contributed by atoms with Crippen molar-refractivity contribution in [3.8, 4) is 0 Å². The van der Waals surface area contributed by atoms with Crippen LogP contribution in [-0.4, -0.2) is 0 Å². The summed E-state index contributed by atoms with van der Waals surface area (Å²) in [4.78, 5) is 1.10. The lowest BCUT2D eigenvalue weighted by molar-refractivity contribution is 0.490. The molecule has 19 heavy (non-hydrogen) atoms. The average molecular weight is 383 g/mol. The predicted octanol–water partition coefficient (Wildman–Crippen LogP) is 5.37. The molecule has 0 aliphatic carbocycles. The Morgan fingerprint density at radius 2 is 2.00 bits per heavy atom. The van der Waals surface area contributed by atoms with Crippen molar-refractivity contribution in [3.05, 3.63) is 54.4 Å². The van der Waals surface area contributed by atoms with E-state index in [2.05, 4.69) is 15.9 Å². The molecule has 2 aromatic rings. The summed E-state index contributed by atoms with van der Waals surface area (Å²) in [5.41, 5.74) is 6.10. The highest BCUT2D eigenvalue weighted by atomic mass is 79.9. The van der Waals surface area contributed by atoms with Crippen molar-refractivity contribution in [3.63, 3.8) is 0 Å². The Morgan fingerprint density at radius 3 is 2.58 bits per heavy atom. The molecule has 2 rings (SSSR count). The molecular formula is C13H11BrCl2FNS. The van der Waals surface area contributed by atoms with Crippen LogP contribution in [0, 0.1) is 5.82 Å². The van der Waals surface area contributed by atoms with E-state index in [0.717, 1.165) is 9.35 Å². The van der Waals surface area contributed by atoms with Crippen LogP contribution < -0.4 is 5.73 Å². The molecule has 0 aliphatic rings. The van der Waals surface area contributed by atoms with Gasteiger partial charge in [-0.15, -0.1) is 11.3 Å². The second-order valence-corrected chi connectivity index (χ2v) is 7.30. The minimum Gasteiger partial charge on any atom is -0.321 e. The second-order valence-electron chi connectivity index (χ2n) is 4.57. The number of hydrogen-bond donors (Lipinski definition) is 1. The summed E-state index contributed by atoms with van der Waals surface area (Å²) in [6.07, 6.45) is 0.573. The van der Waals surface area contributed by atoms with Gasteiger partial charge >= 0.3 is 0 Å². The summed E-state index contributed by atoms with van der Waals surface area (Å²) in [6, 6.07) is 4.70. The Morgan fingerprint density at radius 1 is 1.32 bits per heavy atom. The minimum absolute atomic E-state index is 0.00316. The van der Waals surface area contributed by atoms with E-state index in [1.807, 2.05) is 18.4 Å². The zero-order valence-electron chi connectivity index (χ0n) is 10.0. The van der Waals surface area contributed by atoms with Crippen LogP contribution in [0.3, 0.4) is 0 Å². The molecule has 1 aromatic carbocycles. The lowest BCUT2D eigenvalue weighted by atomic mass is 9.89. The van der Waals surface area contributed by atoms with E-state index in [9.17, 15) is 4.39 Å². The molecule has 0 fully saturated rings. The number of rotatable bonds is 3. The van der Waals surface area contributed by atoms with E-state index in [1.165, 1.54) is 12.1 Å². The molecule has 1 heterocycles. The first kappa shape index (κ1) is 15.3. The molecule has 0 saturated heterocycles. The van der Waals surface area contributed by atoms with Crippen LogP contribution in [0.1, 0.15) is 17.4 Å². The molecule has 0 aliphatic heterocycles. The van der Waals surface area contributed by atoms with Gasteiger partial charge < -0.3 is 5.73 Å². The number of benzene rings is 1. The molecule has 0 radical (unpaired) electrons. The van der Waals surface area contributed by atoms with Gasteiger partial charge in [0.25, 0.3) is 0 Å². The van der Waals surface area contributed by atoms with Gasteiger partial charge in [0.1, 0.15) is 5.82 Å². The first-order valence-electron chi connectivity index (χ1n) is 5.46. The third-order valence-electron chi connectivity index (χ3n) is 2.79. The maximum absolute atomic E-state index is 13.6. The summed E-state index contributed by atoms with van der Waals surface area (Å²) in [5, 5.41) is 2.37. The Kier molecular flexibility index (Phi) is 4.58. The van der Waals surface area contributed by atoms with Crippen molar-refractivity contribution in [2.24, 2.45) is 5.73 Å². The summed E-state index contributed by atoms with van der Waals surface area (Å²) in [6.45, 7) is 1.83. The van der Waals surface area contributed by atoms with Crippen molar-refractivity contribution in [2.75, 3.05) is 0 Å². The fourth-order valence-corrected chi connectivity index (χ4v) is 4.08. The largest absolute Gasteiger partial charge is 0.321 e. The highest BCUT2D eigenvalue weighted by molar-refractivity contribution is 9.10. The molecule has 6 heteroatoms. The monoisotopic (exact) mass is 381 g/mol. The van der Waals surface area contributed by atoms with Gasteiger partial charge in [-0.2, -0.15) is 0 Å². The Hall–Kier alpha value is -0.130. The van der Waals surface area contributed by atoms with Crippen molar-refractivity contribution < 1.29 is 4.39 Å². The molecule has 0 spiro atoms. The molecule has 1 atom stereocenters. The maximum atomic E-state index is 13.6. The van der Waals surface area contributed by atoms with Crippen LogP contribution in [0.25, 0.3) is 0 Å². The zero-order chi connectivity index (χ0) is 14.2. The first-order valence-corrected chi connectivity index (χ1v) is 7.89. The predicted molar refractivity (Wildman–Crippen MR) is 83.7 cm³/mol. The number of halogens is 4. The second kappa shape index (κ2) is 5.70. The van der Waals surface area contributed by atoms with E-state index in [1.54, 1.807) is 11.3 Å². The molecule has 0 bridgehead atoms. The van der Waals surface area contributed by atoms with Crippen LogP contribution in [0.4, 0.5) is 4.39 Å². The van der Waals surface area contributed by atoms with Crippen LogP contribution in [-0.2, 0) is 12.0 Å². The molecule has 1 unspecified atom stereocenters. The van der Waals surface area contributed by atoms with Gasteiger partial charge in [-0.3, -0.25) is 0 Å². The summed E-state index contributed by atoms with van der Waals surface area (Å²) in [7, 11) is 0. The average Bonchev–Trinajstić information content (AvgIpc) is 2.68. The lowest BCUT2D eigenvalue weighted by Gasteiger charge is -2.26. The van der Waals surface area contributed by atoms with Crippen LogP contribution >= 0.6 is 50.5 Å². The summed E-state index contributed by atoms with van der Waals surface area (Å²) < 4.78 is 14.6. The lowest BCUT2D eigenvalue weighted by Crippen LogP contribution is -2.35. The molecule has 0 amide bonds. The Labute approximate surface area is 133 Å².